The summed E-state index contributed by atoms with van der Waals surface area (Å²) in [6.07, 6.45) is 4.50. The van der Waals surface area contributed by atoms with Crippen molar-refractivity contribution >= 4 is 33.7 Å². The first-order chi connectivity index (χ1) is 11.1. The number of rotatable bonds is 4. The molecule has 1 aliphatic heterocycles. The molecule has 0 amide bonds. The largest absolute Gasteiger partial charge is 0.428 e. The van der Waals surface area contributed by atoms with Crippen LogP contribution in [0.5, 0.6) is 0 Å². The molecule has 1 unspecified atom stereocenters. The van der Waals surface area contributed by atoms with E-state index in [1.165, 1.54) is 0 Å². The zero-order chi connectivity index (χ0) is 16.3. The number of benzene rings is 2. The molecule has 1 aliphatic rings. The minimum atomic E-state index is -0.950. The number of cyclic esters (lactones) is 1. The van der Waals surface area contributed by atoms with Gasteiger partial charge in [0.15, 0.2) is 0 Å². The second-order valence-corrected chi connectivity index (χ2v) is 6.31. The highest BCUT2D eigenvalue weighted by atomic mass is 79.9. The zero-order valence-corrected chi connectivity index (χ0v) is 14.3. The molecule has 0 spiro atoms. The lowest BCUT2D eigenvalue weighted by molar-refractivity contribution is -0.147. The lowest BCUT2D eigenvalue weighted by Crippen LogP contribution is -2.24. The Morgan fingerprint density at radius 2 is 1.83 bits per heavy atom. The summed E-state index contributed by atoms with van der Waals surface area (Å²) in [5, 5.41) is 0. The summed E-state index contributed by atoms with van der Waals surface area (Å²) in [6, 6.07) is 17.7. The minimum Gasteiger partial charge on any atom is -0.428 e. The molecule has 23 heavy (non-hydrogen) atoms. The number of carbonyl (C=O) groups is 1. The minimum absolute atomic E-state index is 0.356. The van der Waals surface area contributed by atoms with Crippen LogP contribution in [-0.4, -0.2) is 11.7 Å². The fourth-order valence-electron chi connectivity index (χ4n) is 2.52. The molecule has 0 aromatic heterocycles. The molecule has 0 fully saturated rings. The molecule has 2 aromatic rings. The summed E-state index contributed by atoms with van der Waals surface area (Å²) in [5.74, 6) is -0.356. The Morgan fingerprint density at radius 1 is 1.13 bits per heavy atom. The van der Waals surface area contributed by atoms with Gasteiger partial charge in [-0.25, -0.2) is 9.79 Å². The van der Waals surface area contributed by atoms with Gasteiger partial charge in [0.1, 0.15) is 5.71 Å². The second kappa shape index (κ2) is 6.50. The highest BCUT2D eigenvalue weighted by molar-refractivity contribution is 9.10. The third-order valence-corrected chi connectivity index (χ3v) is 4.23. The van der Waals surface area contributed by atoms with E-state index in [-0.39, 0.29) is 5.97 Å². The van der Waals surface area contributed by atoms with Gasteiger partial charge in [-0.15, -0.1) is 0 Å². The van der Waals surface area contributed by atoms with Crippen LogP contribution < -0.4 is 0 Å². The SMILES string of the molecule is CC1=NC(C/C=C/c2ccc(Br)cc2)(c2ccccc2)OC1=O. The van der Waals surface area contributed by atoms with Gasteiger partial charge in [-0.1, -0.05) is 70.5 Å². The van der Waals surface area contributed by atoms with E-state index in [4.69, 9.17) is 4.74 Å². The normalized spacial score (nSPS) is 20.6. The molecule has 0 N–H and O–H groups in total. The highest BCUT2D eigenvalue weighted by Gasteiger charge is 2.41. The summed E-state index contributed by atoms with van der Waals surface area (Å²) < 4.78 is 6.64. The van der Waals surface area contributed by atoms with Crippen molar-refractivity contribution in [2.75, 3.05) is 0 Å². The van der Waals surface area contributed by atoms with E-state index >= 15 is 0 Å². The Morgan fingerprint density at radius 3 is 2.43 bits per heavy atom. The van der Waals surface area contributed by atoms with E-state index < -0.39 is 5.72 Å². The summed E-state index contributed by atoms with van der Waals surface area (Å²) in [6.45, 7) is 1.69. The number of esters is 1. The lowest BCUT2D eigenvalue weighted by Gasteiger charge is -2.24. The van der Waals surface area contributed by atoms with Gasteiger partial charge < -0.3 is 4.74 Å². The zero-order valence-electron chi connectivity index (χ0n) is 12.7. The van der Waals surface area contributed by atoms with Crippen molar-refractivity contribution in [2.45, 2.75) is 19.1 Å². The van der Waals surface area contributed by atoms with Crippen LogP contribution in [0.25, 0.3) is 6.08 Å². The van der Waals surface area contributed by atoms with Crippen LogP contribution in [0.1, 0.15) is 24.5 Å². The number of halogens is 1. The maximum Gasteiger partial charge on any atom is 0.354 e. The molecule has 1 heterocycles. The summed E-state index contributed by atoms with van der Waals surface area (Å²) in [7, 11) is 0. The van der Waals surface area contributed by atoms with E-state index in [1.54, 1.807) is 6.92 Å². The van der Waals surface area contributed by atoms with E-state index in [0.717, 1.165) is 15.6 Å². The van der Waals surface area contributed by atoms with E-state index in [0.29, 0.717) is 12.1 Å². The monoisotopic (exact) mass is 369 g/mol. The quantitative estimate of drug-likeness (QED) is 0.731. The van der Waals surface area contributed by atoms with E-state index in [1.807, 2.05) is 66.7 Å². The molecule has 0 aliphatic carbocycles. The van der Waals surface area contributed by atoms with Crippen molar-refractivity contribution in [2.24, 2.45) is 4.99 Å². The van der Waals surface area contributed by atoms with Crippen LogP contribution in [0.15, 0.2) is 70.1 Å². The summed E-state index contributed by atoms with van der Waals surface area (Å²) >= 11 is 3.42. The topological polar surface area (TPSA) is 38.7 Å². The number of hydrogen-bond donors (Lipinski definition) is 0. The number of hydrogen-bond acceptors (Lipinski definition) is 3. The highest BCUT2D eigenvalue weighted by Crippen LogP contribution is 2.36. The molecule has 0 bridgehead atoms. The standard InChI is InChI=1S/C19H16BrNO2/c1-14-18(22)23-19(21-14,16-7-3-2-4-8-16)13-5-6-15-9-11-17(20)12-10-15/h2-12H,13H2,1H3/b6-5+. The molecule has 3 rings (SSSR count). The van der Waals surface area contributed by atoms with Crippen LogP contribution in [0, 0.1) is 0 Å². The van der Waals surface area contributed by atoms with Crippen molar-refractivity contribution in [3.63, 3.8) is 0 Å². The Hall–Kier alpha value is -2.20. The van der Waals surface area contributed by atoms with Gasteiger partial charge in [-0.3, -0.25) is 0 Å². The molecule has 0 saturated carbocycles. The first-order valence-electron chi connectivity index (χ1n) is 7.36. The third kappa shape index (κ3) is 3.42. The number of aliphatic imine (C=N–C) groups is 1. The first kappa shape index (κ1) is 15.7. The molecule has 116 valence electrons. The molecule has 4 heteroatoms. The number of ether oxygens (including phenoxy) is 1. The second-order valence-electron chi connectivity index (χ2n) is 5.40. The molecular formula is C19H16BrNO2. The molecule has 0 radical (unpaired) electrons. The first-order valence-corrected chi connectivity index (χ1v) is 8.16. The van der Waals surface area contributed by atoms with E-state index in [9.17, 15) is 4.79 Å². The van der Waals surface area contributed by atoms with Gasteiger partial charge >= 0.3 is 5.97 Å². The molecule has 0 saturated heterocycles. The van der Waals surface area contributed by atoms with Crippen molar-refractivity contribution in [3.05, 3.63) is 76.3 Å². The number of carbonyl (C=O) groups excluding carboxylic acids is 1. The van der Waals surface area contributed by atoms with Gasteiger partial charge in [0.25, 0.3) is 0 Å². The average molecular weight is 370 g/mol. The Labute approximate surface area is 143 Å². The predicted octanol–water partition coefficient (Wildman–Crippen LogP) is 4.72. The maximum absolute atomic E-state index is 11.9. The van der Waals surface area contributed by atoms with Crippen molar-refractivity contribution in [1.82, 2.24) is 0 Å². The smallest absolute Gasteiger partial charge is 0.354 e. The Kier molecular flexibility index (Phi) is 4.44. The molecule has 3 nitrogen and oxygen atoms in total. The lowest BCUT2D eigenvalue weighted by atomic mass is 9.99. The van der Waals surface area contributed by atoms with Crippen LogP contribution in [0.3, 0.4) is 0 Å². The summed E-state index contributed by atoms with van der Waals surface area (Å²) in [5.41, 5.74) is 1.42. The van der Waals surface area contributed by atoms with Gasteiger partial charge in [0.05, 0.1) is 0 Å². The van der Waals surface area contributed by atoms with Crippen molar-refractivity contribution in [3.8, 4) is 0 Å². The van der Waals surface area contributed by atoms with Crippen LogP contribution in [0.2, 0.25) is 0 Å². The summed E-state index contributed by atoms with van der Waals surface area (Å²) in [4.78, 5) is 16.4. The van der Waals surface area contributed by atoms with Gasteiger partial charge in [0, 0.05) is 16.5 Å². The molecular weight excluding hydrogens is 354 g/mol. The van der Waals surface area contributed by atoms with Crippen LogP contribution >= 0.6 is 15.9 Å². The fraction of sp³-hybridized carbons (Fsp3) is 0.158. The number of nitrogens with zero attached hydrogens (tertiary/aromatic N) is 1. The van der Waals surface area contributed by atoms with Gasteiger partial charge in [-0.2, -0.15) is 0 Å². The van der Waals surface area contributed by atoms with Crippen molar-refractivity contribution in [1.29, 1.82) is 0 Å². The molecule has 1 atom stereocenters. The van der Waals surface area contributed by atoms with E-state index in [2.05, 4.69) is 20.9 Å². The Bertz CT molecular complexity index is 766. The van der Waals surface area contributed by atoms with Crippen LogP contribution in [0.4, 0.5) is 0 Å². The third-order valence-electron chi connectivity index (χ3n) is 3.70. The van der Waals surface area contributed by atoms with Crippen LogP contribution in [-0.2, 0) is 15.3 Å². The predicted molar refractivity (Wildman–Crippen MR) is 95.1 cm³/mol. The molecule has 2 aromatic carbocycles. The van der Waals surface area contributed by atoms with Crippen molar-refractivity contribution < 1.29 is 9.53 Å². The van der Waals surface area contributed by atoms with Gasteiger partial charge in [-0.05, 0) is 24.6 Å². The Balaban J connectivity index is 1.86. The fourth-order valence-corrected chi connectivity index (χ4v) is 2.79. The average Bonchev–Trinajstić information content (AvgIpc) is 2.86. The maximum atomic E-state index is 11.9. The van der Waals surface area contributed by atoms with Gasteiger partial charge in [0.2, 0.25) is 5.72 Å².